The fourth-order valence-corrected chi connectivity index (χ4v) is 4.45. The van der Waals surface area contributed by atoms with E-state index in [1.807, 2.05) is 0 Å². The molecule has 0 aliphatic carbocycles. The summed E-state index contributed by atoms with van der Waals surface area (Å²) < 4.78 is 26.7. The van der Waals surface area contributed by atoms with Crippen LogP contribution < -0.4 is 5.32 Å². The Hall–Kier alpha value is -3.31. The summed E-state index contributed by atoms with van der Waals surface area (Å²) in [7, 11) is -3.81. The van der Waals surface area contributed by atoms with Crippen molar-refractivity contribution in [3.63, 3.8) is 0 Å². The van der Waals surface area contributed by atoms with Gasteiger partial charge in [0, 0.05) is 43.9 Å². The third-order valence-electron chi connectivity index (χ3n) is 4.71. The molecular weight excluding hydrogens is 412 g/mol. The highest BCUT2D eigenvalue weighted by atomic mass is 32.2. The van der Waals surface area contributed by atoms with Crippen molar-refractivity contribution in [1.29, 1.82) is 0 Å². The van der Waals surface area contributed by atoms with Crippen LogP contribution in [0.15, 0.2) is 59.5 Å². The number of hydrogen-bond acceptors (Lipinski definition) is 6. The van der Waals surface area contributed by atoms with E-state index in [1.165, 1.54) is 21.3 Å². The van der Waals surface area contributed by atoms with Gasteiger partial charge in [0.2, 0.25) is 15.9 Å². The van der Waals surface area contributed by atoms with Gasteiger partial charge < -0.3 is 10.2 Å². The van der Waals surface area contributed by atoms with Crippen LogP contribution in [-0.2, 0) is 14.8 Å². The quantitative estimate of drug-likeness (QED) is 0.532. The van der Waals surface area contributed by atoms with Gasteiger partial charge in [0.15, 0.2) is 0 Å². The normalized spacial score (nSPS) is 14.9. The van der Waals surface area contributed by atoms with E-state index in [2.05, 4.69) is 5.32 Å². The predicted molar refractivity (Wildman–Crippen MR) is 107 cm³/mol. The molecule has 0 spiro atoms. The number of carbonyl (C=O) groups excluding carboxylic acids is 2. The van der Waals surface area contributed by atoms with Crippen LogP contribution in [0.25, 0.3) is 0 Å². The van der Waals surface area contributed by atoms with Crippen molar-refractivity contribution in [3.8, 4) is 0 Å². The first kappa shape index (κ1) is 21.4. The average molecular weight is 432 g/mol. The summed E-state index contributed by atoms with van der Waals surface area (Å²) in [4.78, 5) is 35.9. The van der Waals surface area contributed by atoms with Gasteiger partial charge in [-0.05, 0) is 24.3 Å². The Morgan fingerprint density at radius 1 is 0.967 bits per heavy atom. The Labute approximate surface area is 173 Å². The van der Waals surface area contributed by atoms with Gasteiger partial charge in [-0.3, -0.25) is 19.7 Å². The van der Waals surface area contributed by atoms with Crippen molar-refractivity contribution in [3.05, 3.63) is 70.3 Å². The molecule has 0 atom stereocenters. The van der Waals surface area contributed by atoms with E-state index in [4.69, 9.17) is 0 Å². The highest BCUT2D eigenvalue weighted by Crippen LogP contribution is 2.20. The smallest absolute Gasteiger partial charge is 0.269 e. The summed E-state index contributed by atoms with van der Waals surface area (Å²) >= 11 is 0. The number of carbonyl (C=O) groups is 2. The molecule has 0 radical (unpaired) electrons. The number of piperazine rings is 1. The first-order valence-corrected chi connectivity index (χ1v) is 10.6. The number of benzene rings is 2. The Bertz CT molecular complexity index is 1030. The molecule has 0 aromatic heterocycles. The monoisotopic (exact) mass is 432 g/mol. The molecule has 30 heavy (non-hydrogen) atoms. The summed E-state index contributed by atoms with van der Waals surface area (Å²) in [6.07, 6.45) is 0. The van der Waals surface area contributed by atoms with Crippen LogP contribution in [0.5, 0.6) is 0 Å². The lowest BCUT2D eigenvalue weighted by atomic mass is 10.2. The first-order valence-electron chi connectivity index (χ1n) is 9.14. The van der Waals surface area contributed by atoms with Crippen LogP contribution in [0, 0.1) is 10.1 Å². The lowest BCUT2D eigenvalue weighted by molar-refractivity contribution is -0.384. The molecular formula is C19H20N4O6S. The van der Waals surface area contributed by atoms with Crippen molar-refractivity contribution in [1.82, 2.24) is 14.5 Å². The number of nitro groups is 1. The molecule has 1 N–H and O–H groups in total. The molecule has 1 saturated heterocycles. The molecule has 0 unspecified atom stereocenters. The molecule has 158 valence electrons. The molecule has 2 aromatic carbocycles. The zero-order chi connectivity index (χ0) is 21.7. The van der Waals surface area contributed by atoms with Crippen LogP contribution in [0.4, 0.5) is 5.69 Å². The fraction of sp³-hybridized carbons (Fsp3) is 0.263. The molecule has 1 aliphatic heterocycles. The topological polar surface area (TPSA) is 130 Å². The van der Waals surface area contributed by atoms with Crippen molar-refractivity contribution in [2.24, 2.45) is 0 Å². The molecule has 1 aliphatic rings. The summed E-state index contributed by atoms with van der Waals surface area (Å²) in [5, 5.41) is 13.3. The minimum absolute atomic E-state index is 0.0389. The van der Waals surface area contributed by atoms with E-state index >= 15 is 0 Å². The van der Waals surface area contributed by atoms with Crippen LogP contribution >= 0.6 is 0 Å². The predicted octanol–water partition coefficient (Wildman–Crippen LogP) is 0.858. The molecule has 2 amide bonds. The molecule has 3 rings (SSSR count). The van der Waals surface area contributed by atoms with Gasteiger partial charge in [-0.1, -0.05) is 18.2 Å². The van der Waals surface area contributed by atoms with Gasteiger partial charge in [0.1, 0.15) is 0 Å². The largest absolute Gasteiger partial charge is 0.343 e. The van der Waals surface area contributed by atoms with E-state index < -0.39 is 14.9 Å². The van der Waals surface area contributed by atoms with Crippen LogP contribution in [0.3, 0.4) is 0 Å². The second kappa shape index (κ2) is 9.01. The van der Waals surface area contributed by atoms with E-state index in [9.17, 15) is 28.1 Å². The highest BCUT2D eigenvalue weighted by molar-refractivity contribution is 7.89. The van der Waals surface area contributed by atoms with Crippen molar-refractivity contribution in [2.45, 2.75) is 4.90 Å². The zero-order valence-electron chi connectivity index (χ0n) is 15.9. The maximum Gasteiger partial charge on any atom is 0.269 e. The second-order valence-electron chi connectivity index (χ2n) is 6.58. The number of nitrogens with zero attached hydrogens (tertiary/aromatic N) is 3. The lowest BCUT2D eigenvalue weighted by Gasteiger charge is -2.34. The summed E-state index contributed by atoms with van der Waals surface area (Å²) in [6.45, 7) is 0.386. The average Bonchev–Trinajstić information content (AvgIpc) is 2.78. The lowest BCUT2D eigenvalue weighted by Crippen LogP contribution is -2.52. The Balaban J connectivity index is 1.54. The highest BCUT2D eigenvalue weighted by Gasteiger charge is 2.30. The summed E-state index contributed by atoms with van der Waals surface area (Å²) in [5.74, 6) is -0.657. The van der Waals surface area contributed by atoms with E-state index in [-0.39, 0.29) is 55.1 Å². The standard InChI is InChI=1S/C19H20N4O6S/c24-18(14-20-19(25)15-4-2-1-3-5-15)21-10-12-22(13-11-21)30(28,29)17-8-6-16(7-9-17)23(26)27/h1-9H,10-14H2,(H,20,25). The number of rotatable bonds is 6. The van der Waals surface area contributed by atoms with Crippen molar-refractivity contribution < 1.29 is 22.9 Å². The van der Waals surface area contributed by atoms with Gasteiger partial charge >= 0.3 is 0 Å². The molecule has 1 heterocycles. The third-order valence-corrected chi connectivity index (χ3v) is 6.63. The van der Waals surface area contributed by atoms with Gasteiger partial charge in [0.05, 0.1) is 16.4 Å². The summed E-state index contributed by atoms with van der Waals surface area (Å²) in [5.41, 5.74) is 0.256. The second-order valence-corrected chi connectivity index (χ2v) is 8.52. The number of non-ortho nitro benzene ring substituents is 1. The van der Waals surface area contributed by atoms with Crippen molar-refractivity contribution in [2.75, 3.05) is 32.7 Å². The maximum atomic E-state index is 12.7. The molecule has 10 nitrogen and oxygen atoms in total. The van der Waals surface area contributed by atoms with Gasteiger partial charge in [0.25, 0.3) is 11.6 Å². The van der Waals surface area contributed by atoms with Crippen LogP contribution in [0.1, 0.15) is 10.4 Å². The maximum absolute atomic E-state index is 12.7. The number of nitrogens with one attached hydrogen (secondary N) is 1. The van der Waals surface area contributed by atoms with E-state index in [0.717, 1.165) is 12.1 Å². The van der Waals surface area contributed by atoms with Crippen LogP contribution in [-0.4, -0.2) is 67.1 Å². The Morgan fingerprint density at radius 3 is 2.13 bits per heavy atom. The minimum Gasteiger partial charge on any atom is -0.343 e. The van der Waals surface area contributed by atoms with Gasteiger partial charge in [-0.2, -0.15) is 4.31 Å². The molecule has 2 aromatic rings. The SMILES string of the molecule is O=C(NCC(=O)N1CCN(S(=O)(=O)c2ccc([N+](=O)[O-])cc2)CC1)c1ccccc1. The van der Waals surface area contributed by atoms with E-state index in [1.54, 1.807) is 30.3 Å². The Kier molecular flexibility index (Phi) is 6.43. The Morgan fingerprint density at radius 2 is 1.57 bits per heavy atom. The minimum atomic E-state index is -3.81. The number of hydrogen-bond donors (Lipinski definition) is 1. The number of sulfonamides is 1. The summed E-state index contributed by atoms with van der Waals surface area (Å²) in [6, 6.07) is 13.2. The third kappa shape index (κ3) is 4.81. The van der Waals surface area contributed by atoms with E-state index in [0.29, 0.717) is 5.56 Å². The van der Waals surface area contributed by atoms with Gasteiger partial charge in [-0.25, -0.2) is 8.42 Å². The van der Waals surface area contributed by atoms with Gasteiger partial charge in [-0.15, -0.1) is 0 Å². The van der Waals surface area contributed by atoms with Crippen molar-refractivity contribution >= 4 is 27.5 Å². The molecule has 0 saturated carbocycles. The molecule has 0 bridgehead atoms. The first-order chi connectivity index (χ1) is 14.3. The molecule has 11 heteroatoms. The number of nitro benzene ring substituents is 1. The molecule has 1 fully saturated rings. The van der Waals surface area contributed by atoms with Crippen LogP contribution in [0.2, 0.25) is 0 Å². The zero-order valence-corrected chi connectivity index (χ0v) is 16.7. The number of amides is 2. The fourth-order valence-electron chi connectivity index (χ4n) is 3.03.